The Bertz CT molecular complexity index is 897. The summed E-state index contributed by atoms with van der Waals surface area (Å²) in [5.41, 5.74) is 1.21. The summed E-state index contributed by atoms with van der Waals surface area (Å²) in [6, 6.07) is 10.5. The number of benzene rings is 1. The number of halogens is 2. The van der Waals surface area contributed by atoms with Gasteiger partial charge in [0.1, 0.15) is 23.1 Å². The topological polar surface area (TPSA) is 58.1 Å². The maximum absolute atomic E-state index is 13.7. The minimum Gasteiger partial charge on any atom is -0.341 e. The maximum atomic E-state index is 13.7. The first kappa shape index (κ1) is 18.4. The van der Waals surface area contributed by atoms with Crippen molar-refractivity contribution in [3.8, 4) is 0 Å². The molecule has 0 unspecified atom stereocenters. The van der Waals surface area contributed by atoms with Crippen LogP contribution < -0.4 is 5.32 Å². The molecule has 2 heterocycles. The molecule has 0 aliphatic carbocycles. The summed E-state index contributed by atoms with van der Waals surface area (Å²) in [5.74, 6) is -1.37. The Morgan fingerprint density at radius 3 is 2.41 bits per heavy atom. The van der Waals surface area contributed by atoms with Gasteiger partial charge in [0.2, 0.25) is 0 Å². The molecule has 3 rings (SSSR count). The third-order valence-electron chi connectivity index (χ3n) is 4.06. The largest absolute Gasteiger partial charge is 0.341 e. The molecule has 0 spiro atoms. The number of carbonyl (C=O) groups excluding carboxylic acids is 1. The van der Waals surface area contributed by atoms with Crippen LogP contribution in [0.3, 0.4) is 0 Å². The van der Waals surface area contributed by atoms with E-state index in [2.05, 4.69) is 15.3 Å². The molecule has 3 aromatic rings. The van der Waals surface area contributed by atoms with Gasteiger partial charge < -0.3 is 10.2 Å². The van der Waals surface area contributed by atoms with Crippen molar-refractivity contribution >= 4 is 17.4 Å². The van der Waals surface area contributed by atoms with E-state index in [9.17, 15) is 13.6 Å². The van der Waals surface area contributed by atoms with Crippen LogP contribution in [-0.4, -0.2) is 34.4 Å². The Morgan fingerprint density at radius 2 is 1.78 bits per heavy atom. The standard InChI is InChI=1S/C20H18F2N4O/c1-26(12-9-14-7-10-23-11-8-14)20(27)15-5-6-18(24-13-15)25-19-16(21)3-2-4-17(19)22/h2-8,10-11,13H,9,12H2,1H3,(H,24,25). The lowest BCUT2D eigenvalue weighted by Crippen LogP contribution is -2.28. The van der Waals surface area contributed by atoms with Crippen LogP contribution in [0.5, 0.6) is 0 Å². The van der Waals surface area contributed by atoms with Gasteiger partial charge in [-0.25, -0.2) is 13.8 Å². The smallest absolute Gasteiger partial charge is 0.255 e. The van der Waals surface area contributed by atoms with Crippen molar-refractivity contribution in [2.45, 2.75) is 6.42 Å². The van der Waals surface area contributed by atoms with Gasteiger partial charge in [0.05, 0.1) is 5.56 Å². The van der Waals surface area contributed by atoms with E-state index in [1.54, 1.807) is 30.4 Å². The first-order valence-electron chi connectivity index (χ1n) is 8.36. The number of carbonyl (C=O) groups is 1. The second-order valence-electron chi connectivity index (χ2n) is 5.99. The number of anilines is 2. The van der Waals surface area contributed by atoms with Crippen LogP contribution in [0.4, 0.5) is 20.3 Å². The number of hydrogen-bond acceptors (Lipinski definition) is 4. The molecule has 27 heavy (non-hydrogen) atoms. The highest BCUT2D eigenvalue weighted by Crippen LogP contribution is 2.22. The molecule has 7 heteroatoms. The zero-order valence-electron chi connectivity index (χ0n) is 14.7. The zero-order chi connectivity index (χ0) is 19.2. The molecule has 1 aromatic carbocycles. The van der Waals surface area contributed by atoms with Crippen LogP contribution in [0, 0.1) is 11.6 Å². The van der Waals surface area contributed by atoms with Crippen LogP contribution in [0.2, 0.25) is 0 Å². The second-order valence-corrected chi connectivity index (χ2v) is 5.99. The van der Waals surface area contributed by atoms with Gasteiger partial charge in [0, 0.05) is 32.2 Å². The lowest BCUT2D eigenvalue weighted by Gasteiger charge is -2.17. The molecule has 1 amide bonds. The van der Waals surface area contributed by atoms with Crippen molar-refractivity contribution in [2.75, 3.05) is 18.9 Å². The van der Waals surface area contributed by atoms with E-state index in [-0.39, 0.29) is 17.4 Å². The summed E-state index contributed by atoms with van der Waals surface area (Å²) in [5, 5.41) is 2.59. The summed E-state index contributed by atoms with van der Waals surface area (Å²) in [6.45, 7) is 0.545. The number of amides is 1. The molecule has 2 aromatic heterocycles. The molecule has 0 fully saturated rings. The van der Waals surface area contributed by atoms with Gasteiger partial charge in [-0.05, 0) is 48.4 Å². The highest BCUT2D eigenvalue weighted by Gasteiger charge is 2.13. The third-order valence-corrected chi connectivity index (χ3v) is 4.06. The molecule has 0 saturated carbocycles. The van der Waals surface area contributed by atoms with Gasteiger partial charge >= 0.3 is 0 Å². The van der Waals surface area contributed by atoms with Gasteiger partial charge in [-0.3, -0.25) is 9.78 Å². The Kier molecular flexibility index (Phi) is 5.71. The van der Waals surface area contributed by atoms with Crippen molar-refractivity contribution in [1.82, 2.24) is 14.9 Å². The molecule has 0 atom stereocenters. The second kappa shape index (κ2) is 8.35. The minimum absolute atomic E-state index is 0.180. The van der Waals surface area contributed by atoms with E-state index in [0.717, 1.165) is 17.7 Å². The van der Waals surface area contributed by atoms with Crippen molar-refractivity contribution in [1.29, 1.82) is 0 Å². The van der Waals surface area contributed by atoms with Crippen LogP contribution in [0.15, 0.2) is 61.1 Å². The molecular weight excluding hydrogens is 350 g/mol. The number of rotatable bonds is 6. The molecule has 0 aliphatic rings. The Morgan fingerprint density at radius 1 is 1.07 bits per heavy atom. The van der Waals surface area contributed by atoms with Crippen LogP contribution in [0.25, 0.3) is 0 Å². The number of nitrogens with zero attached hydrogens (tertiary/aromatic N) is 3. The fourth-order valence-electron chi connectivity index (χ4n) is 2.51. The molecule has 0 aliphatic heterocycles. The van der Waals surface area contributed by atoms with Crippen LogP contribution >= 0.6 is 0 Å². The van der Waals surface area contributed by atoms with E-state index < -0.39 is 11.6 Å². The molecular formula is C20H18F2N4O. The van der Waals surface area contributed by atoms with E-state index in [4.69, 9.17) is 0 Å². The molecule has 5 nitrogen and oxygen atoms in total. The van der Waals surface area contributed by atoms with E-state index in [0.29, 0.717) is 18.5 Å². The average molecular weight is 368 g/mol. The van der Waals surface area contributed by atoms with E-state index in [1.165, 1.54) is 18.3 Å². The predicted octanol–water partition coefficient (Wildman–Crippen LogP) is 3.81. The molecule has 0 radical (unpaired) electrons. The van der Waals surface area contributed by atoms with Gasteiger partial charge in [0.25, 0.3) is 5.91 Å². The highest BCUT2D eigenvalue weighted by atomic mass is 19.1. The quantitative estimate of drug-likeness (QED) is 0.719. The minimum atomic E-state index is -0.715. The van der Waals surface area contributed by atoms with Crippen molar-refractivity contribution in [3.05, 3.63) is 83.8 Å². The molecule has 1 N–H and O–H groups in total. The van der Waals surface area contributed by atoms with Crippen LogP contribution in [0.1, 0.15) is 15.9 Å². The fourth-order valence-corrected chi connectivity index (χ4v) is 2.51. The van der Waals surface area contributed by atoms with Crippen molar-refractivity contribution < 1.29 is 13.6 Å². The third kappa shape index (κ3) is 4.63. The lowest BCUT2D eigenvalue weighted by molar-refractivity contribution is 0.0796. The SMILES string of the molecule is CN(CCc1ccncc1)C(=O)c1ccc(Nc2c(F)cccc2F)nc1. The summed E-state index contributed by atoms with van der Waals surface area (Å²) < 4.78 is 27.4. The zero-order valence-corrected chi connectivity index (χ0v) is 14.7. The molecule has 0 saturated heterocycles. The first-order valence-corrected chi connectivity index (χ1v) is 8.36. The summed E-state index contributed by atoms with van der Waals surface area (Å²) in [4.78, 5) is 22.1. The highest BCUT2D eigenvalue weighted by molar-refractivity contribution is 5.94. The van der Waals surface area contributed by atoms with Crippen molar-refractivity contribution in [3.63, 3.8) is 0 Å². The lowest BCUT2D eigenvalue weighted by atomic mass is 10.2. The van der Waals surface area contributed by atoms with Gasteiger partial charge in [-0.15, -0.1) is 0 Å². The average Bonchev–Trinajstić information content (AvgIpc) is 2.70. The van der Waals surface area contributed by atoms with Gasteiger partial charge in [-0.1, -0.05) is 6.07 Å². The predicted molar refractivity (Wildman–Crippen MR) is 98.8 cm³/mol. The summed E-state index contributed by atoms with van der Waals surface area (Å²) in [6.07, 6.45) is 5.52. The Hall–Kier alpha value is -3.35. The van der Waals surface area contributed by atoms with E-state index >= 15 is 0 Å². The van der Waals surface area contributed by atoms with Crippen molar-refractivity contribution in [2.24, 2.45) is 0 Å². The van der Waals surface area contributed by atoms with Gasteiger partial charge in [0.15, 0.2) is 0 Å². The summed E-state index contributed by atoms with van der Waals surface area (Å²) >= 11 is 0. The number of aromatic nitrogens is 2. The first-order chi connectivity index (χ1) is 13.0. The summed E-state index contributed by atoms with van der Waals surface area (Å²) in [7, 11) is 1.71. The number of pyridine rings is 2. The Balaban J connectivity index is 1.63. The van der Waals surface area contributed by atoms with Gasteiger partial charge in [-0.2, -0.15) is 0 Å². The number of likely N-dealkylation sites (N-methyl/N-ethyl adjacent to an activating group) is 1. The number of hydrogen-bond donors (Lipinski definition) is 1. The normalized spacial score (nSPS) is 10.5. The monoisotopic (exact) mass is 368 g/mol. The number of nitrogens with one attached hydrogen (secondary N) is 1. The van der Waals surface area contributed by atoms with Crippen LogP contribution in [-0.2, 0) is 6.42 Å². The molecule has 0 bridgehead atoms. The Labute approximate surface area is 155 Å². The maximum Gasteiger partial charge on any atom is 0.255 e. The molecule has 138 valence electrons. The fraction of sp³-hybridized carbons (Fsp3) is 0.150. The van der Waals surface area contributed by atoms with E-state index in [1.807, 2.05) is 12.1 Å². The number of para-hydroxylation sites is 1.